The molecule has 0 saturated heterocycles. The van der Waals surface area contributed by atoms with Crippen LogP contribution in [0.15, 0.2) is 12.1 Å². The van der Waals surface area contributed by atoms with Crippen LogP contribution in [0, 0.1) is 0 Å². The molecule has 2 aliphatic heterocycles. The maximum Gasteiger partial charge on any atom is 0.128 e. The maximum absolute atomic E-state index is 6.00. The van der Waals surface area contributed by atoms with E-state index in [0.29, 0.717) is 0 Å². The standard InChI is InChI=1S/C13H17NO2/c1-8(14)12-11-9(4-6-15-12)2-3-10-5-7-16-13(10)11/h2-3,8,12H,4-7,14H2,1H3/t8-,12+/m0/s1. The highest BCUT2D eigenvalue weighted by Gasteiger charge is 2.30. The first-order valence-corrected chi connectivity index (χ1v) is 5.92. The zero-order chi connectivity index (χ0) is 11.1. The Labute approximate surface area is 95.5 Å². The lowest BCUT2D eigenvalue weighted by atomic mass is 9.91. The first-order valence-electron chi connectivity index (χ1n) is 5.92. The highest BCUT2D eigenvalue weighted by atomic mass is 16.5. The zero-order valence-electron chi connectivity index (χ0n) is 9.53. The number of ether oxygens (including phenoxy) is 2. The van der Waals surface area contributed by atoms with Gasteiger partial charge in [0.1, 0.15) is 11.9 Å². The van der Waals surface area contributed by atoms with Gasteiger partial charge in [0, 0.05) is 18.0 Å². The van der Waals surface area contributed by atoms with Crippen LogP contribution in [0.5, 0.6) is 5.75 Å². The lowest BCUT2D eigenvalue weighted by Gasteiger charge is -2.30. The molecule has 0 amide bonds. The van der Waals surface area contributed by atoms with Gasteiger partial charge in [-0.25, -0.2) is 0 Å². The van der Waals surface area contributed by atoms with Gasteiger partial charge in [0.25, 0.3) is 0 Å². The van der Waals surface area contributed by atoms with Crippen molar-refractivity contribution in [3.63, 3.8) is 0 Å². The minimum Gasteiger partial charge on any atom is -0.493 e. The molecule has 0 radical (unpaired) electrons. The van der Waals surface area contributed by atoms with E-state index in [1.54, 1.807) is 0 Å². The molecule has 3 rings (SSSR count). The number of rotatable bonds is 1. The zero-order valence-corrected chi connectivity index (χ0v) is 9.53. The average molecular weight is 219 g/mol. The Morgan fingerprint density at radius 2 is 2.00 bits per heavy atom. The van der Waals surface area contributed by atoms with Crippen molar-refractivity contribution in [3.05, 3.63) is 28.8 Å². The fraction of sp³-hybridized carbons (Fsp3) is 0.538. The van der Waals surface area contributed by atoms with Gasteiger partial charge in [0.05, 0.1) is 13.2 Å². The van der Waals surface area contributed by atoms with Crippen molar-refractivity contribution in [1.29, 1.82) is 0 Å². The third-order valence-electron chi connectivity index (χ3n) is 3.42. The molecule has 0 aliphatic carbocycles. The number of hydrogen-bond donors (Lipinski definition) is 1. The van der Waals surface area contributed by atoms with Gasteiger partial charge in [-0.3, -0.25) is 0 Å². The van der Waals surface area contributed by atoms with Gasteiger partial charge in [-0.1, -0.05) is 12.1 Å². The predicted molar refractivity (Wildman–Crippen MR) is 61.7 cm³/mol. The predicted octanol–water partition coefficient (Wildman–Crippen LogP) is 1.58. The minimum absolute atomic E-state index is 0.00296. The largest absolute Gasteiger partial charge is 0.493 e. The van der Waals surface area contributed by atoms with Crippen molar-refractivity contribution >= 4 is 0 Å². The Balaban J connectivity index is 2.13. The Morgan fingerprint density at radius 3 is 2.81 bits per heavy atom. The quantitative estimate of drug-likeness (QED) is 0.780. The van der Waals surface area contributed by atoms with Crippen LogP contribution in [0.1, 0.15) is 29.7 Å². The van der Waals surface area contributed by atoms with Gasteiger partial charge in [-0.05, 0) is 24.5 Å². The lowest BCUT2D eigenvalue weighted by molar-refractivity contribution is 0.0266. The van der Waals surface area contributed by atoms with Crippen LogP contribution in [0.2, 0.25) is 0 Å². The highest BCUT2D eigenvalue weighted by molar-refractivity contribution is 5.51. The second-order valence-electron chi connectivity index (χ2n) is 4.63. The molecule has 0 aromatic heterocycles. The Kier molecular flexibility index (Phi) is 2.37. The van der Waals surface area contributed by atoms with Gasteiger partial charge in [-0.15, -0.1) is 0 Å². The van der Waals surface area contributed by atoms with E-state index in [0.717, 1.165) is 31.8 Å². The van der Waals surface area contributed by atoms with Crippen molar-refractivity contribution in [2.24, 2.45) is 5.73 Å². The summed E-state index contributed by atoms with van der Waals surface area (Å²) in [6.45, 7) is 3.55. The molecule has 2 aliphatic rings. The van der Waals surface area contributed by atoms with E-state index < -0.39 is 0 Å². The number of nitrogens with two attached hydrogens (primary N) is 1. The summed E-state index contributed by atoms with van der Waals surface area (Å²) >= 11 is 0. The van der Waals surface area contributed by atoms with E-state index in [9.17, 15) is 0 Å². The molecule has 16 heavy (non-hydrogen) atoms. The SMILES string of the molecule is C[C@H](N)[C@H]1OCCc2ccc3c(c21)OCC3. The normalized spacial score (nSPS) is 24.5. The van der Waals surface area contributed by atoms with Crippen molar-refractivity contribution in [1.82, 2.24) is 0 Å². The summed E-state index contributed by atoms with van der Waals surface area (Å²) in [5.74, 6) is 1.04. The molecule has 2 atom stereocenters. The third kappa shape index (κ3) is 1.43. The molecule has 0 bridgehead atoms. The molecule has 3 nitrogen and oxygen atoms in total. The highest BCUT2D eigenvalue weighted by Crippen LogP contribution is 2.40. The second kappa shape index (κ2) is 3.75. The van der Waals surface area contributed by atoms with Crippen molar-refractivity contribution in [2.75, 3.05) is 13.2 Å². The van der Waals surface area contributed by atoms with E-state index in [1.165, 1.54) is 16.7 Å². The summed E-state index contributed by atoms with van der Waals surface area (Å²) < 4.78 is 11.5. The topological polar surface area (TPSA) is 44.5 Å². The molecule has 1 aromatic carbocycles. The van der Waals surface area contributed by atoms with E-state index in [1.807, 2.05) is 6.92 Å². The smallest absolute Gasteiger partial charge is 0.128 e. The monoisotopic (exact) mass is 219 g/mol. The molecule has 0 saturated carbocycles. The van der Waals surface area contributed by atoms with Gasteiger partial charge in [0.2, 0.25) is 0 Å². The number of benzene rings is 1. The summed E-state index contributed by atoms with van der Waals surface area (Å²) in [5, 5.41) is 0. The minimum atomic E-state index is -0.00296. The summed E-state index contributed by atoms with van der Waals surface area (Å²) in [5.41, 5.74) is 9.84. The summed E-state index contributed by atoms with van der Waals surface area (Å²) in [7, 11) is 0. The fourth-order valence-corrected chi connectivity index (χ4v) is 2.64. The van der Waals surface area contributed by atoms with Crippen LogP contribution in [-0.4, -0.2) is 19.3 Å². The van der Waals surface area contributed by atoms with Crippen molar-refractivity contribution < 1.29 is 9.47 Å². The fourth-order valence-electron chi connectivity index (χ4n) is 2.64. The second-order valence-corrected chi connectivity index (χ2v) is 4.63. The van der Waals surface area contributed by atoms with E-state index >= 15 is 0 Å². The molecule has 2 N–H and O–H groups in total. The molecular formula is C13H17NO2. The van der Waals surface area contributed by atoms with Crippen molar-refractivity contribution in [2.45, 2.75) is 31.9 Å². The van der Waals surface area contributed by atoms with Crippen LogP contribution in [0.25, 0.3) is 0 Å². The first-order chi connectivity index (χ1) is 7.77. The summed E-state index contributed by atoms with van der Waals surface area (Å²) in [4.78, 5) is 0. The van der Waals surface area contributed by atoms with Crippen LogP contribution in [0.4, 0.5) is 0 Å². The van der Waals surface area contributed by atoms with Crippen LogP contribution in [-0.2, 0) is 17.6 Å². The van der Waals surface area contributed by atoms with Crippen LogP contribution < -0.4 is 10.5 Å². The Bertz CT molecular complexity index is 415. The molecule has 86 valence electrons. The molecule has 0 spiro atoms. The molecule has 0 unspecified atom stereocenters. The Morgan fingerprint density at radius 1 is 1.25 bits per heavy atom. The summed E-state index contributed by atoms with van der Waals surface area (Å²) in [6, 6.07) is 4.40. The third-order valence-corrected chi connectivity index (χ3v) is 3.42. The van der Waals surface area contributed by atoms with Gasteiger partial charge in [-0.2, -0.15) is 0 Å². The lowest BCUT2D eigenvalue weighted by Crippen LogP contribution is -2.31. The molecular weight excluding hydrogens is 202 g/mol. The number of hydrogen-bond acceptors (Lipinski definition) is 3. The average Bonchev–Trinajstić information content (AvgIpc) is 2.76. The van der Waals surface area contributed by atoms with Crippen LogP contribution >= 0.6 is 0 Å². The molecule has 3 heteroatoms. The first kappa shape index (κ1) is 10.1. The molecule has 1 aromatic rings. The van der Waals surface area contributed by atoms with Gasteiger partial charge in [0.15, 0.2) is 0 Å². The maximum atomic E-state index is 6.00. The van der Waals surface area contributed by atoms with E-state index in [2.05, 4.69) is 12.1 Å². The van der Waals surface area contributed by atoms with E-state index in [-0.39, 0.29) is 12.1 Å². The van der Waals surface area contributed by atoms with E-state index in [4.69, 9.17) is 15.2 Å². The Hall–Kier alpha value is -1.06. The molecule has 0 fully saturated rings. The number of fused-ring (bicyclic) bond motifs is 3. The van der Waals surface area contributed by atoms with Gasteiger partial charge < -0.3 is 15.2 Å². The van der Waals surface area contributed by atoms with Gasteiger partial charge >= 0.3 is 0 Å². The van der Waals surface area contributed by atoms with Crippen molar-refractivity contribution in [3.8, 4) is 5.75 Å². The summed E-state index contributed by atoms with van der Waals surface area (Å²) in [6.07, 6.45) is 1.97. The molecule has 2 heterocycles. The van der Waals surface area contributed by atoms with Crippen LogP contribution in [0.3, 0.4) is 0 Å².